The second-order valence-corrected chi connectivity index (χ2v) is 12.5. The van der Waals surface area contributed by atoms with Crippen LogP contribution in [0, 0.1) is 5.92 Å². The van der Waals surface area contributed by atoms with Crippen LogP contribution in [0.4, 0.5) is 0 Å². The number of Topliss-reactive ketones (excluding diaryl/α,β-unsaturated/α-hetero) is 1. The van der Waals surface area contributed by atoms with Gasteiger partial charge in [-0.15, -0.1) is 0 Å². The quantitative estimate of drug-likeness (QED) is 0.0755. The zero-order valence-corrected chi connectivity index (χ0v) is 26.6. The average Bonchev–Trinajstić information content (AvgIpc) is 2.93. The summed E-state index contributed by atoms with van der Waals surface area (Å²) >= 11 is 0. The van der Waals surface area contributed by atoms with Gasteiger partial charge in [-0.2, -0.15) is 0 Å². The van der Waals surface area contributed by atoms with Gasteiger partial charge in [-0.1, -0.05) is 96.6 Å². The molecule has 0 spiro atoms. The molecule has 0 bridgehead atoms. The fraction of sp³-hybridized carbons (Fsp3) is 0.781. The van der Waals surface area contributed by atoms with Crippen molar-refractivity contribution in [3.05, 3.63) is 29.8 Å². The summed E-state index contributed by atoms with van der Waals surface area (Å²) in [6.07, 6.45) is 18.7. The van der Waals surface area contributed by atoms with E-state index in [0.717, 1.165) is 30.8 Å². The maximum Gasteiger partial charge on any atom is 0.472 e. The number of carbonyl (C=O) groups excluding carboxylic acids is 1. The van der Waals surface area contributed by atoms with Crippen LogP contribution in [0.1, 0.15) is 122 Å². The van der Waals surface area contributed by atoms with E-state index in [4.69, 9.17) is 13.8 Å². The van der Waals surface area contributed by atoms with Crippen LogP contribution in [0.25, 0.3) is 0 Å². The normalized spacial score (nSPS) is 13.7. The summed E-state index contributed by atoms with van der Waals surface area (Å²) in [5.74, 6) is 0.783. The van der Waals surface area contributed by atoms with Crippen molar-refractivity contribution in [3.8, 4) is 5.75 Å². The van der Waals surface area contributed by atoms with Crippen LogP contribution in [0.2, 0.25) is 0 Å². The number of ketones is 1. The minimum absolute atomic E-state index is 0.00747. The molecule has 1 aromatic rings. The number of hydrogen-bond acceptors (Lipinski definition) is 6. The molecule has 0 aliphatic carbocycles. The van der Waals surface area contributed by atoms with Crippen molar-refractivity contribution < 1.29 is 28.0 Å². The molecular formula is C32H58NO6P. The van der Waals surface area contributed by atoms with Crippen LogP contribution in [-0.4, -0.2) is 44.1 Å². The number of phosphoric acid groups is 1. The Kier molecular flexibility index (Phi) is 22.4. The van der Waals surface area contributed by atoms with Crippen molar-refractivity contribution in [1.82, 2.24) is 5.32 Å². The number of hydrogen-bond donors (Lipinski definition) is 2. The Morgan fingerprint density at radius 3 is 2.00 bits per heavy atom. The highest BCUT2D eigenvalue weighted by atomic mass is 31.2. The van der Waals surface area contributed by atoms with Crippen LogP contribution < -0.4 is 10.1 Å². The first-order chi connectivity index (χ1) is 19.4. The Balaban J connectivity index is 2.33. The molecule has 2 unspecified atom stereocenters. The predicted molar refractivity (Wildman–Crippen MR) is 165 cm³/mol. The monoisotopic (exact) mass is 583 g/mol. The molecular weight excluding hydrogens is 525 g/mol. The number of benzene rings is 1. The first kappa shape index (κ1) is 36.8. The third-order valence-electron chi connectivity index (χ3n) is 7.06. The summed E-state index contributed by atoms with van der Waals surface area (Å²) < 4.78 is 28.5. The van der Waals surface area contributed by atoms with E-state index < -0.39 is 7.82 Å². The van der Waals surface area contributed by atoms with Gasteiger partial charge >= 0.3 is 7.82 Å². The van der Waals surface area contributed by atoms with Gasteiger partial charge < -0.3 is 14.9 Å². The molecule has 1 rings (SSSR count). The molecule has 232 valence electrons. The lowest BCUT2D eigenvalue weighted by Crippen LogP contribution is -2.17. The number of nitrogens with one attached hydrogen (secondary N) is 1. The summed E-state index contributed by atoms with van der Waals surface area (Å²) in [5, 5.41) is 2.96. The fourth-order valence-corrected chi connectivity index (χ4v) is 5.58. The largest absolute Gasteiger partial charge is 0.494 e. The summed E-state index contributed by atoms with van der Waals surface area (Å²) in [6.45, 7) is 5.77. The van der Waals surface area contributed by atoms with E-state index in [2.05, 4.69) is 12.2 Å². The predicted octanol–water partition coefficient (Wildman–Crippen LogP) is 8.43. The first-order valence-electron chi connectivity index (χ1n) is 15.9. The van der Waals surface area contributed by atoms with Gasteiger partial charge in [0.2, 0.25) is 0 Å². The van der Waals surface area contributed by atoms with E-state index in [1.54, 1.807) is 0 Å². The molecule has 7 nitrogen and oxygen atoms in total. The minimum atomic E-state index is -4.15. The first-order valence-corrected chi connectivity index (χ1v) is 17.4. The zero-order chi connectivity index (χ0) is 29.3. The van der Waals surface area contributed by atoms with E-state index in [1.807, 2.05) is 38.2 Å². The Labute approximate surface area is 244 Å². The third kappa shape index (κ3) is 20.6. The van der Waals surface area contributed by atoms with Crippen molar-refractivity contribution in [2.75, 3.05) is 33.4 Å². The standard InChI is InChI=1S/C32H58NO6P/c1-4-6-7-8-9-10-11-12-13-14-15-16-24-37-32-21-19-29(20-22-32)26-30(27-31(34)18-5-2)28-39-40(35,36)38-25-17-23-33-3/h19-22,30,33H,4-18,23-28H2,1-3H3,(H,35,36). The molecule has 0 fully saturated rings. The SMILES string of the molecule is CCCCCCCCCCCCCCOc1ccc(CC(COP(=O)(O)OCCCNC)CC(=O)CCC)cc1. The van der Waals surface area contributed by atoms with Gasteiger partial charge in [-0.25, -0.2) is 4.57 Å². The van der Waals surface area contributed by atoms with Crippen molar-refractivity contribution >= 4 is 13.6 Å². The van der Waals surface area contributed by atoms with Gasteiger partial charge in [0.1, 0.15) is 11.5 Å². The van der Waals surface area contributed by atoms with Gasteiger partial charge in [0, 0.05) is 12.8 Å². The van der Waals surface area contributed by atoms with E-state index >= 15 is 0 Å². The van der Waals surface area contributed by atoms with Crippen molar-refractivity contribution in [2.24, 2.45) is 5.92 Å². The van der Waals surface area contributed by atoms with Gasteiger partial charge in [0.25, 0.3) is 0 Å². The fourth-order valence-electron chi connectivity index (χ4n) is 4.75. The number of unbranched alkanes of at least 4 members (excludes halogenated alkanes) is 11. The van der Waals surface area contributed by atoms with E-state index in [0.29, 0.717) is 32.2 Å². The van der Waals surface area contributed by atoms with Crippen LogP contribution in [-0.2, 0) is 24.8 Å². The maximum atomic E-state index is 12.3. The zero-order valence-electron chi connectivity index (χ0n) is 25.7. The van der Waals surface area contributed by atoms with E-state index in [-0.39, 0.29) is 24.9 Å². The lowest BCUT2D eigenvalue weighted by atomic mass is 9.94. The van der Waals surface area contributed by atoms with Crippen LogP contribution >= 0.6 is 7.82 Å². The lowest BCUT2D eigenvalue weighted by molar-refractivity contribution is -0.120. The van der Waals surface area contributed by atoms with Gasteiger partial charge in [-0.05, 0) is 62.9 Å². The molecule has 0 saturated carbocycles. The smallest absolute Gasteiger partial charge is 0.472 e. The molecule has 1 aromatic carbocycles. The Morgan fingerprint density at radius 1 is 0.825 bits per heavy atom. The van der Waals surface area contributed by atoms with Gasteiger partial charge in [0.15, 0.2) is 0 Å². The van der Waals surface area contributed by atoms with E-state index in [9.17, 15) is 14.3 Å². The highest BCUT2D eigenvalue weighted by molar-refractivity contribution is 7.47. The second kappa shape index (κ2) is 24.4. The number of ether oxygens (including phenoxy) is 1. The molecule has 0 aliphatic heterocycles. The number of carbonyl (C=O) groups is 1. The summed E-state index contributed by atoms with van der Waals surface area (Å²) in [6, 6.07) is 7.93. The van der Waals surface area contributed by atoms with Gasteiger partial charge in [-0.3, -0.25) is 13.8 Å². The number of rotatable bonds is 28. The molecule has 0 saturated heterocycles. The Hall–Kier alpha value is -1.24. The van der Waals surface area contributed by atoms with Crippen LogP contribution in [0.5, 0.6) is 5.75 Å². The van der Waals surface area contributed by atoms with Crippen LogP contribution in [0.15, 0.2) is 24.3 Å². The molecule has 0 radical (unpaired) electrons. The second-order valence-electron chi connectivity index (χ2n) is 11.0. The molecule has 2 atom stereocenters. The summed E-state index contributed by atoms with van der Waals surface area (Å²) in [5.41, 5.74) is 1.04. The molecule has 0 heterocycles. The molecule has 40 heavy (non-hydrogen) atoms. The summed E-state index contributed by atoms with van der Waals surface area (Å²) in [4.78, 5) is 22.3. The maximum absolute atomic E-state index is 12.3. The van der Waals surface area contributed by atoms with Crippen molar-refractivity contribution in [2.45, 2.75) is 123 Å². The molecule has 0 amide bonds. The molecule has 2 N–H and O–H groups in total. The minimum Gasteiger partial charge on any atom is -0.494 e. The van der Waals surface area contributed by atoms with Crippen molar-refractivity contribution in [3.63, 3.8) is 0 Å². The number of phosphoric ester groups is 1. The Morgan fingerprint density at radius 2 is 1.43 bits per heavy atom. The van der Waals surface area contributed by atoms with E-state index in [1.165, 1.54) is 70.6 Å². The topological polar surface area (TPSA) is 94.1 Å². The third-order valence-corrected chi connectivity index (χ3v) is 8.04. The molecule has 8 heteroatoms. The molecule has 0 aliphatic rings. The molecule has 0 aromatic heterocycles. The lowest BCUT2D eigenvalue weighted by Gasteiger charge is -2.19. The van der Waals surface area contributed by atoms with Crippen LogP contribution in [0.3, 0.4) is 0 Å². The Bertz CT molecular complexity index is 788. The van der Waals surface area contributed by atoms with Gasteiger partial charge in [0.05, 0.1) is 19.8 Å². The highest BCUT2D eigenvalue weighted by Crippen LogP contribution is 2.44. The van der Waals surface area contributed by atoms with Crippen molar-refractivity contribution in [1.29, 1.82) is 0 Å². The average molecular weight is 584 g/mol. The highest BCUT2D eigenvalue weighted by Gasteiger charge is 2.24. The summed E-state index contributed by atoms with van der Waals surface area (Å²) in [7, 11) is -2.34.